The molecule has 4 nitrogen and oxygen atoms in total. The molecule has 1 heterocycles. The van der Waals surface area contributed by atoms with Gasteiger partial charge in [0.15, 0.2) is 0 Å². The first-order chi connectivity index (χ1) is 10.1. The predicted octanol–water partition coefficient (Wildman–Crippen LogP) is 3.57. The van der Waals surface area contributed by atoms with Gasteiger partial charge in [0, 0.05) is 12.6 Å². The highest BCUT2D eigenvalue weighted by atomic mass is 16.5. The Morgan fingerprint density at radius 3 is 2.81 bits per heavy atom. The second-order valence-corrected chi connectivity index (χ2v) is 6.18. The van der Waals surface area contributed by atoms with Crippen LogP contribution in [-0.2, 0) is 0 Å². The number of hydrogen-bond acceptors (Lipinski definition) is 3. The van der Waals surface area contributed by atoms with Crippen LogP contribution >= 0.6 is 0 Å². The SMILES string of the molecule is CC(C)CCNC(=O)c1cccc(OC2CCCCC2)n1. The third-order valence-corrected chi connectivity index (χ3v) is 3.80. The van der Waals surface area contributed by atoms with Crippen LogP contribution < -0.4 is 10.1 Å². The van der Waals surface area contributed by atoms with Gasteiger partial charge in [-0.25, -0.2) is 4.98 Å². The minimum Gasteiger partial charge on any atom is -0.474 e. The number of ether oxygens (including phenoxy) is 1. The van der Waals surface area contributed by atoms with E-state index in [9.17, 15) is 4.79 Å². The average molecular weight is 290 g/mol. The number of pyridine rings is 1. The fourth-order valence-corrected chi connectivity index (χ4v) is 2.53. The third kappa shape index (κ3) is 5.37. The van der Waals surface area contributed by atoms with Crippen molar-refractivity contribution in [3.63, 3.8) is 0 Å². The van der Waals surface area contributed by atoms with Crippen molar-refractivity contribution in [1.82, 2.24) is 10.3 Å². The number of nitrogens with one attached hydrogen (secondary N) is 1. The van der Waals surface area contributed by atoms with E-state index in [1.165, 1.54) is 19.3 Å². The van der Waals surface area contributed by atoms with Crippen LogP contribution in [0.4, 0.5) is 0 Å². The molecule has 1 amide bonds. The Kier molecular flexibility index (Phi) is 6.03. The minimum absolute atomic E-state index is 0.121. The molecule has 0 unspecified atom stereocenters. The lowest BCUT2D eigenvalue weighted by molar-refractivity contribution is 0.0943. The highest BCUT2D eigenvalue weighted by Crippen LogP contribution is 2.22. The molecule has 0 bridgehead atoms. The number of amides is 1. The molecule has 1 fully saturated rings. The molecule has 0 radical (unpaired) electrons. The van der Waals surface area contributed by atoms with Crippen LogP contribution in [0.2, 0.25) is 0 Å². The molecule has 1 aromatic heterocycles. The summed E-state index contributed by atoms with van der Waals surface area (Å²) in [6.45, 7) is 4.97. The summed E-state index contributed by atoms with van der Waals surface area (Å²) in [6.07, 6.45) is 7.15. The van der Waals surface area contributed by atoms with Gasteiger partial charge < -0.3 is 10.1 Å². The molecule has 1 N–H and O–H groups in total. The molecule has 0 spiro atoms. The van der Waals surface area contributed by atoms with Crippen LogP contribution in [0.5, 0.6) is 5.88 Å². The Hall–Kier alpha value is -1.58. The first kappa shape index (κ1) is 15.8. The maximum absolute atomic E-state index is 12.0. The van der Waals surface area contributed by atoms with Crippen molar-refractivity contribution in [3.8, 4) is 5.88 Å². The minimum atomic E-state index is -0.121. The Balaban J connectivity index is 1.88. The molecule has 21 heavy (non-hydrogen) atoms. The highest BCUT2D eigenvalue weighted by molar-refractivity contribution is 5.92. The van der Waals surface area contributed by atoms with Crippen LogP contribution in [0, 0.1) is 5.92 Å². The largest absolute Gasteiger partial charge is 0.474 e. The van der Waals surface area contributed by atoms with Gasteiger partial charge in [-0.3, -0.25) is 4.79 Å². The number of hydrogen-bond donors (Lipinski definition) is 1. The number of rotatable bonds is 6. The molecular weight excluding hydrogens is 264 g/mol. The topological polar surface area (TPSA) is 51.2 Å². The fourth-order valence-electron chi connectivity index (χ4n) is 2.53. The maximum Gasteiger partial charge on any atom is 0.270 e. The monoisotopic (exact) mass is 290 g/mol. The van der Waals surface area contributed by atoms with Crippen LogP contribution in [0.1, 0.15) is 62.9 Å². The fraction of sp³-hybridized carbons (Fsp3) is 0.647. The van der Waals surface area contributed by atoms with E-state index in [0.717, 1.165) is 19.3 Å². The van der Waals surface area contributed by atoms with Gasteiger partial charge in [-0.15, -0.1) is 0 Å². The number of carbonyl (C=O) groups is 1. The summed E-state index contributed by atoms with van der Waals surface area (Å²) in [6, 6.07) is 5.40. The molecule has 116 valence electrons. The van der Waals surface area contributed by atoms with E-state index >= 15 is 0 Å². The van der Waals surface area contributed by atoms with E-state index in [4.69, 9.17) is 4.74 Å². The Labute approximate surface area is 127 Å². The molecule has 0 aromatic carbocycles. The van der Waals surface area contributed by atoms with Crippen molar-refractivity contribution in [3.05, 3.63) is 23.9 Å². The lowest BCUT2D eigenvalue weighted by Crippen LogP contribution is -2.26. The molecule has 1 aromatic rings. The summed E-state index contributed by atoms with van der Waals surface area (Å²) in [5.41, 5.74) is 0.437. The highest BCUT2D eigenvalue weighted by Gasteiger charge is 2.16. The first-order valence-electron chi connectivity index (χ1n) is 8.07. The van der Waals surface area contributed by atoms with Gasteiger partial charge in [0.2, 0.25) is 5.88 Å². The van der Waals surface area contributed by atoms with Crippen molar-refractivity contribution in [1.29, 1.82) is 0 Å². The van der Waals surface area contributed by atoms with Gasteiger partial charge in [0.1, 0.15) is 11.8 Å². The Bertz CT molecular complexity index is 454. The second kappa shape index (κ2) is 8.01. The first-order valence-corrected chi connectivity index (χ1v) is 8.07. The standard InChI is InChI=1S/C17H26N2O2/c1-13(2)11-12-18-17(20)15-9-6-10-16(19-15)21-14-7-4-3-5-8-14/h6,9-10,13-14H,3-5,7-8,11-12H2,1-2H3,(H,18,20). The zero-order chi connectivity index (χ0) is 15.1. The van der Waals surface area contributed by atoms with Gasteiger partial charge in [-0.05, 0) is 44.1 Å². The zero-order valence-electron chi connectivity index (χ0n) is 13.1. The predicted molar refractivity (Wildman–Crippen MR) is 83.5 cm³/mol. The van der Waals surface area contributed by atoms with Gasteiger partial charge >= 0.3 is 0 Å². The van der Waals surface area contributed by atoms with Gasteiger partial charge in [-0.2, -0.15) is 0 Å². The van der Waals surface area contributed by atoms with Crippen molar-refractivity contribution in [2.75, 3.05) is 6.54 Å². The molecule has 2 rings (SSSR count). The summed E-state index contributed by atoms with van der Waals surface area (Å²) < 4.78 is 5.90. The summed E-state index contributed by atoms with van der Waals surface area (Å²) >= 11 is 0. The van der Waals surface area contributed by atoms with E-state index in [0.29, 0.717) is 24.0 Å². The van der Waals surface area contributed by atoms with E-state index < -0.39 is 0 Å². The van der Waals surface area contributed by atoms with Crippen molar-refractivity contribution in [2.45, 2.75) is 58.5 Å². The molecule has 0 saturated heterocycles. The number of nitrogens with zero attached hydrogens (tertiary/aromatic N) is 1. The Morgan fingerprint density at radius 2 is 2.10 bits per heavy atom. The quantitative estimate of drug-likeness (QED) is 0.871. The number of carbonyl (C=O) groups excluding carboxylic acids is 1. The van der Waals surface area contributed by atoms with E-state index in [1.54, 1.807) is 6.07 Å². The average Bonchev–Trinajstić information content (AvgIpc) is 2.48. The summed E-state index contributed by atoms with van der Waals surface area (Å²) in [5, 5.41) is 2.90. The Morgan fingerprint density at radius 1 is 1.33 bits per heavy atom. The van der Waals surface area contributed by atoms with Crippen LogP contribution in [0.25, 0.3) is 0 Å². The van der Waals surface area contributed by atoms with Gasteiger partial charge in [0.05, 0.1) is 0 Å². The lowest BCUT2D eigenvalue weighted by Gasteiger charge is -2.22. The molecule has 1 saturated carbocycles. The van der Waals surface area contributed by atoms with E-state index in [2.05, 4.69) is 24.1 Å². The van der Waals surface area contributed by atoms with Crippen molar-refractivity contribution < 1.29 is 9.53 Å². The number of aromatic nitrogens is 1. The van der Waals surface area contributed by atoms with Gasteiger partial charge in [-0.1, -0.05) is 26.3 Å². The second-order valence-electron chi connectivity index (χ2n) is 6.18. The third-order valence-electron chi connectivity index (χ3n) is 3.80. The van der Waals surface area contributed by atoms with E-state index in [1.807, 2.05) is 12.1 Å². The molecule has 4 heteroatoms. The lowest BCUT2D eigenvalue weighted by atomic mass is 9.98. The zero-order valence-corrected chi connectivity index (χ0v) is 13.1. The molecule has 0 aliphatic heterocycles. The normalized spacial score (nSPS) is 16.0. The van der Waals surface area contributed by atoms with Crippen molar-refractivity contribution in [2.24, 2.45) is 5.92 Å². The van der Waals surface area contributed by atoms with Crippen LogP contribution in [0.15, 0.2) is 18.2 Å². The smallest absolute Gasteiger partial charge is 0.270 e. The summed E-state index contributed by atoms with van der Waals surface area (Å²) in [7, 11) is 0. The van der Waals surface area contributed by atoms with E-state index in [-0.39, 0.29) is 12.0 Å². The van der Waals surface area contributed by atoms with Gasteiger partial charge in [0.25, 0.3) is 5.91 Å². The summed E-state index contributed by atoms with van der Waals surface area (Å²) in [4.78, 5) is 16.4. The summed E-state index contributed by atoms with van der Waals surface area (Å²) in [5.74, 6) is 1.03. The molecule has 0 atom stereocenters. The molecule has 1 aliphatic rings. The van der Waals surface area contributed by atoms with Crippen LogP contribution in [-0.4, -0.2) is 23.5 Å². The molecular formula is C17H26N2O2. The van der Waals surface area contributed by atoms with Crippen LogP contribution in [0.3, 0.4) is 0 Å². The molecule has 1 aliphatic carbocycles. The maximum atomic E-state index is 12.0. The van der Waals surface area contributed by atoms with Crippen molar-refractivity contribution >= 4 is 5.91 Å².